The first kappa shape index (κ1) is 10.3. The van der Waals surface area contributed by atoms with Gasteiger partial charge >= 0.3 is 0 Å². The maximum Gasteiger partial charge on any atom is 0.253 e. The Bertz CT molecular complexity index is 406. The fourth-order valence-electron chi connectivity index (χ4n) is 1.45. The number of nitrogens with two attached hydrogens (primary N) is 1. The smallest absolute Gasteiger partial charge is 0.253 e. The summed E-state index contributed by atoms with van der Waals surface area (Å²) in [5, 5.41) is 3.11. The maximum absolute atomic E-state index is 11.7. The average Bonchev–Trinajstić information content (AvgIpc) is 2.55. The van der Waals surface area contributed by atoms with Crippen LogP contribution in [-0.2, 0) is 0 Å². The molecule has 0 aliphatic carbocycles. The van der Waals surface area contributed by atoms with Gasteiger partial charge in [-0.1, -0.05) is 11.8 Å². The molecule has 1 aliphatic rings. The molecule has 4 nitrogen and oxygen atoms in total. The van der Waals surface area contributed by atoms with E-state index in [0.29, 0.717) is 5.56 Å². The van der Waals surface area contributed by atoms with E-state index in [9.17, 15) is 4.79 Å². The van der Waals surface area contributed by atoms with Gasteiger partial charge in [-0.2, -0.15) is 0 Å². The molecule has 1 atom stereocenters. The summed E-state index contributed by atoms with van der Waals surface area (Å²) in [7, 11) is 3.49. The molecule has 3 N–H and O–H groups in total. The highest BCUT2D eigenvalue weighted by molar-refractivity contribution is 8.00. The Morgan fingerprint density at radius 2 is 2.27 bits per heavy atom. The lowest BCUT2D eigenvalue weighted by Gasteiger charge is -2.10. The van der Waals surface area contributed by atoms with Gasteiger partial charge in [0.05, 0.1) is 0 Å². The number of nitrogens with one attached hydrogen (secondary N) is 1. The predicted octanol–water partition coefficient (Wildman–Crippen LogP) is 1.15. The number of carbonyl (C=O) groups is 1. The SMILES string of the molecule is CN(C)C(=O)c1ccc2c(c1)SC(N)N2. The second-order valence-electron chi connectivity index (χ2n) is 3.59. The summed E-state index contributed by atoms with van der Waals surface area (Å²) in [6, 6.07) is 5.58. The number of nitrogens with zero attached hydrogens (tertiary/aromatic N) is 1. The average molecular weight is 223 g/mol. The van der Waals surface area contributed by atoms with Gasteiger partial charge in [-0.15, -0.1) is 0 Å². The molecule has 1 aliphatic heterocycles. The molecule has 1 aromatic rings. The Balaban J connectivity index is 2.31. The molecule has 0 aromatic heterocycles. The molecule has 15 heavy (non-hydrogen) atoms. The van der Waals surface area contributed by atoms with E-state index < -0.39 is 0 Å². The number of hydrogen-bond donors (Lipinski definition) is 2. The minimum Gasteiger partial charge on any atom is -0.360 e. The summed E-state index contributed by atoms with van der Waals surface area (Å²) in [5.74, 6) is 0.0128. The van der Waals surface area contributed by atoms with Crippen LogP contribution in [0.15, 0.2) is 23.1 Å². The van der Waals surface area contributed by atoms with Gasteiger partial charge in [0.15, 0.2) is 0 Å². The zero-order valence-corrected chi connectivity index (χ0v) is 9.47. The van der Waals surface area contributed by atoms with Crippen LogP contribution in [0.4, 0.5) is 5.69 Å². The second-order valence-corrected chi connectivity index (χ2v) is 4.78. The molecule has 1 unspecified atom stereocenters. The molecule has 0 fully saturated rings. The van der Waals surface area contributed by atoms with Crippen LogP contribution in [0.25, 0.3) is 0 Å². The molecule has 1 aromatic carbocycles. The summed E-state index contributed by atoms with van der Waals surface area (Å²) in [4.78, 5) is 14.3. The quantitative estimate of drug-likeness (QED) is 0.750. The number of thioether (sulfide) groups is 1. The molecule has 0 spiro atoms. The topological polar surface area (TPSA) is 58.4 Å². The minimum absolute atomic E-state index is 0.0128. The highest BCUT2D eigenvalue weighted by Crippen LogP contribution is 2.36. The van der Waals surface area contributed by atoms with Crippen LogP contribution < -0.4 is 11.1 Å². The zero-order valence-electron chi connectivity index (χ0n) is 8.65. The molecule has 0 radical (unpaired) electrons. The summed E-state index contributed by atoms with van der Waals surface area (Å²) in [6.45, 7) is 0. The molecular formula is C10H13N3OS. The van der Waals surface area contributed by atoms with Gasteiger partial charge < -0.3 is 16.0 Å². The molecule has 0 bridgehead atoms. The van der Waals surface area contributed by atoms with Crippen LogP contribution in [0.5, 0.6) is 0 Å². The Morgan fingerprint density at radius 1 is 1.53 bits per heavy atom. The first-order valence-electron chi connectivity index (χ1n) is 4.62. The summed E-state index contributed by atoms with van der Waals surface area (Å²) in [5.41, 5.74) is 7.32. The molecule has 0 saturated carbocycles. The number of amides is 1. The maximum atomic E-state index is 11.7. The third-order valence-electron chi connectivity index (χ3n) is 2.19. The lowest BCUT2D eigenvalue weighted by Crippen LogP contribution is -2.21. The molecule has 0 saturated heterocycles. The van der Waals surface area contributed by atoms with Crippen LogP contribution in [-0.4, -0.2) is 30.4 Å². The van der Waals surface area contributed by atoms with Crippen LogP contribution in [0.1, 0.15) is 10.4 Å². The largest absolute Gasteiger partial charge is 0.360 e. The van der Waals surface area contributed by atoms with Crippen molar-refractivity contribution < 1.29 is 4.79 Å². The van der Waals surface area contributed by atoms with Gasteiger partial charge in [0.2, 0.25) is 0 Å². The molecule has 2 rings (SSSR count). The second kappa shape index (κ2) is 3.75. The van der Waals surface area contributed by atoms with Crippen molar-refractivity contribution in [3.8, 4) is 0 Å². The molecule has 5 heteroatoms. The number of fused-ring (bicyclic) bond motifs is 1. The van der Waals surface area contributed by atoms with E-state index >= 15 is 0 Å². The van der Waals surface area contributed by atoms with Crippen molar-refractivity contribution in [2.75, 3.05) is 19.4 Å². The van der Waals surface area contributed by atoms with Crippen molar-refractivity contribution in [3.05, 3.63) is 23.8 Å². The summed E-state index contributed by atoms with van der Waals surface area (Å²) >= 11 is 1.53. The highest BCUT2D eigenvalue weighted by atomic mass is 32.2. The molecule has 1 amide bonds. The molecular weight excluding hydrogens is 210 g/mol. The van der Waals surface area contributed by atoms with E-state index in [0.717, 1.165) is 10.6 Å². The molecule has 1 heterocycles. The number of hydrogen-bond acceptors (Lipinski definition) is 4. The van der Waals surface area contributed by atoms with Gasteiger partial charge in [0.25, 0.3) is 5.91 Å². The number of anilines is 1. The van der Waals surface area contributed by atoms with Crippen molar-refractivity contribution in [3.63, 3.8) is 0 Å². The van der Waals surface area contributed by atoms with Crippen LogP contribution >= 0.6 is 11.8 Å². The standard InChI is InChI=1S/C10H13N3OS/c1-13(2)9(14)6-3-4-7-8(5-6)15-10(11)12-7/h3-5,10,12H,11H2,1-2H3. The fourth-order valence-corrected chi connectivity index (χ4v) is 2.36. The van der Waals surface area contributed by atoms with Crippen molar-refractivity contribution in [1.29, 1.82) is 0 Å². The van der Waals surface area contributed by atoms with Crippen molar-refractivity contribution in [1.82, 2.24) is 4.90 Å². The van der Waals surface area contributed by atoms with Crippen LogP contribution in [0, 0.1) is 0 Å². The van der Waals surface area contributed by atoms with E-state index in [1.807, 2.05) is 18.2 Å². The summed E-state index contributed by atoms with van der Waals surface area (Å²) < 4.78 is 0. The van der Waals surface area contributed by atoms with Gasteiger partial charge in [-0.05, 0) is 18.2 Å². The van der Waals surface area contributed by atoms with Gasteiger partial charge in [0.1, 0.15) is 5.50 Å². The van der Waals surface area contributed by atoms with E-state index in [4.69, 9.17) is 5.73 Å². The van der Waals surface area contributed by atoms with Crippen molar-refractivity contribution in [2.45, 2.75) is 10.4 Å². The van der Waals surface area contributed by atoms with E-state index in [1.54, 1.807) is 19.0 Å². The Morgan fingerprint density at radius 3 is 2.93 bits per heavy atom. The van der Waals surface area contributed by atoms with Crippen molar-refractivity contribution >= 4 is 23.4 Å². The van der Waals surface area contributed by atoms with Gasteiger partial charge in [-0.3, -0.25) is 4.79 Å². The third-order valence-corrected chi connectivity index (χ3v) is 3.15. The number of benzene rings is 1. The Kier molecular flexibility index (Phi) is 2.58. The molecule has 80 valence electrons. The lowest BCUT2D eigenvalue weighted by atomic mass is 10.2. The van der Waals surface area contributed by atoms with Crippen LogP contribution in [0.3, 0.4) is 0 Å². The Labute approximate surface area is 92.8 Å². The predicted molar refractivity (Wildman–Crippen MR) is 61.9 cm³/mol. The first-order valence-corrected chi connectivity index (χ1v) is 5.50. The number of carbonyl (C=O) groups excluding carboxylic acids is 1. The highest BCUT2D eigenvalue weighted by Gasteiger charge is 2.19. The third kappa shape index (κ3) is 1.93. The van der Waals surface area contributed by atoms with Gasteiger partial charge in [0, 0.05) is 30.2 Å². The van der Waals surface area contributed by atoms with Gasteiger partial charge in [-0.25, -0.2) is 0 Å². The van der Waals surface area contributed by atoms with E-state index in [1.165, 1.54) is 11.8 Å². The Hall–Kier alpha value is -1.20. The number of rotatable bonds is 1. The monoisotopic (exact) mass is 223 g/mol. The minimum atomic E-state index is -0.107. The zero-order chi connectivity index (χ0) is 11.0. The van der Waals surface area contributed by atoms with E-state index in [2.05, 4.69) is 5.32 Å². The van der Waals surface area contributed by atoms with Crippen LogP contribution in [0.2, 0.25) is 0 Å². The van der Waals surface area contributed by atoms with E-state index in [-0.39, 0.29) is 11.4 Å². The lowest BCUT2D eigenvalue weighted by molar-refractivity contribution is 0.0827. The fraction of sp³-hybridized carbons (Fsp3) is 0.300. The van der Waals surface area contributed by atoms with Crippen molar-refractivity contribution in [2.24, 2.45) is 5.73 Å². The summed E-state index contributed by atoms with van der Waals surface area (Å²) in [6.07, 6.45) is 0. The normalized spacial score (nSPS) is 18.2. The first-order chi connectivity index (χ1) is 7.08.